The Bertz CT molecular complexity index is 1520. The van der Waals surface area contributed by atoms with Gasteiger partial charge in [0, 0.05) is 42.3 Å². The summed E-state index contributed by atoms with van der Waals surface area (Å²) in [7, 11) is -4.06. The van der Waals surface area contributed by atoms with Gasteiger partial charge < -0.3 is 5.32 Å². The Kier molecular flexibility index (Phi) is 4.87. The van der Waals surface area contributed by atoms with E-state index in [1.807, 2.05) is 12.3 Å². The summed E-state index contributed by atoms with van der Waals surface area (Å²) >= 11 is 0. The van der Waals surface area contributed by atoms with E-state index >= 15 is 0 Å². The molecule has 3 aromatic heterocycles. The second-order valence-electron chi connectivity index (χ2n) is 8.86. The Morgan fingerprint density at radius 3 is 2.82 bits per heavy atom. The molecule has 0 unspecified atom stereocenters. The lowest BCUT2D eigenvalue weighted by molar-refractivity contribution is 0.256. The van der Waals surface area contributed by atoms with Gasteiger partial charge in [0.25, 0.3) is 10.0 Å². The Labute approximate surface area is 196 Å². The minimum absolute atomic E-state index is 0.0323. The lowest BCUT2D eigenvalue weighted by atomic mass is 9.99. The zero-order valence-electron chi connectivity index (χ0n) is 18.3. The van der Waals surface area contributed by atoms with Crippen molar-refractivity contribution >= 4 is 27.4 Å². The first-order valence-electron chi connectivity index (χ1n) is 11.3. The summed E-state index contributed by atoms with van der Waals surface area (Å²) < 4.78 is 31.0. The van der Waals surface area contributed by atoms with Crippen LogP contribution in [0.4, 0.5) is 10.5 Å². The summed E-state index contributed by atoms with van der Waals surface area (Å²) in [6.07, 6.45) is 12.9. The first-order valence-corrected chi connectivity index (χ1v) is 12.8. The van der Waals surface area contributed by atoms with Crippen LogP contribution in [0, 0.1) is 5.92 Å². The van der Waals surface area contributed by atoms with Gasteiger partial charge >= 0.3 is 6.03 Å². The molecule has 2 aliphatic rings. The number of carbonyl (C=O) groups is 1. The Morgan fingerprint density at radius 1 is 1.09 bits per heavy atom. The monoisotopic (exact) mass is 477 g/mol. The first-order chi connectivity index (χ1) is 16.5. The van der Waals surface area contributed by atoms with Gasteiger partial charge in [0.05, 0.1) is 18.1 Å². The third kappa shape index (κ3) is 3.92. The summed E-state index contributed by atoms with van der Waals surface area (Å²) in [6, 6.07) is 4.97. The van der Waals surface area contributed by atoms with Crippen LogP contribution in [0.15, 0.2) is 54.1 Å². The quantitative estimate of drug-likeness (QED) is 0.440. The second-order valence-corrected chi connectivity index (χ2v) is 10.5. The van der Waals surface area contributed by atoms with E-state index in [0.717, 1.165) is 54.4 Å². The maximum Gasteiger partial charge on any atom is 0.333 e. The molecule has 2 aliphatic carbocycles. The molecule has 11 heteroatoms. The molecule has 3 heterocycles. The number of sulfonamides is 1. The fraction of sp³-hybridized carbons (Fsp3) is 0.304. The van der Waals surface area contributed by atoms with E-state index < -0.39 is 16.1 Å². The van der Waals surface area contributed by atoms with Crippen molar-refractivity contribution in [1.82, 2.24) is 29.1 Å². The van der Waals surface area contributed by atoms with Crippen LogP contribution < -0.4 is 10.0 Å². The number of benzene rings is 1. The Balaban J connectivity index is 1.28. The highest BCUT2D eigenvalue weighted by atomic mass is 32.2. The van der Waals surface area contributed by atoms with E-state index in [-0.39, 0.29) is 4.90 Å². The van der Waals surface area contributed by atoms with Gasteiger partial charge in [0.15, 0.2) is 5.65 Å². The molecule has 34 heavy (non-hydrogen) atoms. The lowest BCUT2D eigenvalue weighted by Gasteiger charge is -2.16. The number of nitrogens with zero attached hydrogens (tertiary/aromatic N) is 5. The van der Waals surface area contributed by atoms with Gasteiger partial charge in [-0.05, 0) is 49.1 Å². The van der Waals surface area contributed by atoms with E-state index in [9.17, 15) is 13.2 Å². The van der Waals surface area contributed by atoms with Gasteiger partial charge in [-0.25, -0.2) is 27.4 Å². The van der Waals surface area contributed by atoms with E-state index in [1.54, 1.807) is 27.7 Å². The Hall–Kier alpha value is -3.73. The van der Waals surface area contributed by atoms with Gasteiger partial charge in [-0.2, -0.15) is 10.2 Å². The Morgan fingerprint density at radius 2 is 1.97 bits per heavy atom. The molecule has 0 radical (unpaired) electrons. The van der Waals surface area contributed by atoms with Crippen LogP contribution in [0.1, 0.15) is 30.4 Å². The van der Waals surface area contributed by atoms with Crippen LogP contribution in [0.2, 0.25) is 0 Å². The molecule has 0 spiro atoms. The minimum atomic E-state index is -4.06. The fourth-order valence-corrected chi connectivity index (χ4v) is 5.33. The number of hydrogen-bond donors (Lipinski definition) is 2. The first kappa shape index (κ1) is 20.8. The number of rotatable bonds is 6. The van der Waals surface area contributed by atoms with E-state index in [4.69, 9.17) is 0 Å². The van der Waals surface area contributed by atoms with Crippen LogP contribution in [-0.2, 0) is 29.4 Å². The number of urea groups is 1. The molecule has 2 amide bonds. The molecular formula is C23H23N7O3S. The number of nitrogens with one attached hydrogen (secondary N) is 2. The average Bonchev–Trinajstić information content (AvgIpc) is 3.22. The van der Waals surface area contributed by atoms with Gasteiger partial charge in [-0.3, -0.25) is 4.68 Å². The summed E-state index contributed by atoms with van der Waals surface area (Å²) in [4.78, 5) is 17.3. The maximum atomic E-state index is 12.9. The van der Waals surface area contributed by atoms with Crippen LogP contribution in [0.3, 0.4) is 0 Å². The van der Waals surface area contributed by atoms with Crippen molar-refractivity contribution in [3.63, 3.8) is 0 Å². The molecule has 0 atom stereocenters. The summed E-state index contributed by atoms with van der Waals surface area (Å²) in [6.45, 7) is 0.690. The van der Waals surface area contributed by atoms with E-state index in [1.165, 1.54) is 12.4 Å². The van der Waals surface area contributed by atoms with Gasteiger partial charge in [-0.1, -0.05) is 12.1 Å². The molecule has 1 saturated carbocycles. The van der Waals surface area contributed by atoms with Gasteiger partial charge in [0.1, 0.15) is 4.90 Å². The van der Waals surface area contributed by atoms with Crippen LogP contribution in [0.5, 0.6) is 0 Å². The van der Waals surface area contributed by atoms with E-state index in [0.29, 0.717) is 23.8 Å². The SMILES string of the molecule is O=C(Nc1c(-c2cnc3ccnn3c2)ccc2c1CCC2)NS(=O)(=O)c1cnn(CC2CC2)c1. The normalized spacial score (nSPS) is 15.4. The molecule has 1 fully saturated rings. The zero-order chi connectivity index (χ0) is 23.3. The number of carbonyl (C=O) groups excluding carboxylic acids is 1. The van der Waals surface area contributed by atoms with Crippen molar-refractivity contribution in [1.29, 1.82) is 0 Å². The summed E-state index contributed by atoms with van der Waals surface area (Å²) in [5, 5.41) is 11.2. The van der Waals surface area contributed by atoms with Gasteiger partial charge in [0.2, 0.25) is 0 Å². The number of anilines is 1. The van der Waals surface area contributed by atoms with Crippen molar-refractivity contribution in [3.05, 3.63) is 60.3 Å². The summed E-state index contributed by atoms with van der Waals surface area (Å²) in [5.74, 6) is 0.556. The maximum absolute atomic E-state index is 12.9. The minimum Gasteiger partial charge on any atom is -0.306 e. The highest BCUT2D eigenvalue weighted by Crippen LogP contribution is 2.37. The van der Waals surface area contributed by atoms with Crippen LogP contribution in [0.25, 0.3) is 16.8 Å². The van der Waals surface area contributed by atoms with Crippen molar-refractivity contribution < 1.29 is 13.2 Å². The lowest BCUT2D eigenvalue weighted by Crippen LogP contribution is -2.34. The fourth-order valence-electron chi connectivity index (χ4n) is 4.47. The molecule has 10 nitrogen and oxygen atoms in total. The standard InChI is InChI=1S/C23H23N7O3S/c31-23(28-34(32,33)18-11-26-29(14-18)12-15-4-5-15)27-22-19-3-1-2-16(19)6-7-20(22)17-10-24-21-8-9-25-30(21)13-17/h6-11,13-15H,1-5,12H2,(H2,27,28,31). The molecular weight excluding hydrogens is 454 g/mol. The highest BCUT2D eigenvalue weighted by Gasteiger charge is 2.26. The third-order valence-electron chi connectivity index (χ3n) is 6.37. The molecule has 0 bridgehead atoms. The highest BCUT2D eigenvalue weighted by molar-refractivity contribution is 7.90. The topological polar surface area (TPSA) is 123 Å². The van der Waals surface area contributed by atoms with Crippen LogP contribution >= 0.6 is 0 Å². The summed E-state index contributed by atoms with van der Waals surface area (Å²) in [5.41, 5.74) is 5.01. The molecule has 174 valence electrons. The largest absolute Gasteiger partial charge is 0.333 e. The molecule has 6 rings (SSSR count). The van der Waals surface area contributed by atoms with Crippen molar-refractivity contribution in [2.24, 2.45) is 5.92 Å². The second kappa shape index (κ2) is 7.94. The molecule has 2 N–H and O–H groups in total. The smallest absolute Gasteiger partial charge is 0.306 e. The average molecular weight is 478 g/mol. The molecule has 0 saturated heterocycles. The number of aryl methyl sites for hydroxylation is 1. The van der Waals surface area contributed by atoms with Crippen molar-refractivity contribution in [2.75, 3.05) is 5.32 Å². The number of hydrogen-bond acceptors (Lipinski definition) is 6. The molecule has 4 aromatic rings. The van der Waals surface area contributed by atoms with Gasteiger partial charge in [-0.15, -0.1) is 0 Å². The number of fused-ring (bicyclic) bond motifs is 2. The van der Waals surface area contributed by atoms with Crippen molar-refractivity contribution in [3.8, 4) is 11.1 Å². The zero-order valence-corrected chi connectivity index (χ0v) is 19.1. The predicted molar refractivity (Wildman–Crippen MR) is 125 cm³/mol. The third-order valence-corrected chi connectivity index (χ3v) is 7.65. The molecule has 0 aliphatic heterocycles. The van der Waals surface area contributed by atoms with E-state index in [2.05, 4.69) is 31.3 Å². The number of aromatic nitrogens is 5. The number of amides is 2. The molecule has 1 aromatic carbocycles. The van der Waals surface area contributed by atoms with Crippen molar-refractivity contribution in [2.45, 2.75) is 43.5 Å². The predicted octanol–water partition coefficient (Wildman–Crippen LogP) is 3.00. The van der Waals surface area contributed by atoms with Crippen LogP contribution in [-0.4, -0.2) is 38.8 Å².